The number of hydrogen-bond acceptors (Lipinski definition) is 13. The summed E-state index contributed by atoms with van der Waals surface area (Å²) in [6.45, 7) is 2.26. The third kappa shape index (κ3) is 22.3. The predicted octanol–water partition coefficient (Wildman–Crippen LogP) is -3.47. The SMILES string of the molecule is CSCC[C@H](NC(=O)[C@H](CCSC)NC(=O)[C@@H](N)CCC(=O)O)C(=O)N[C@@H](C)C(=O)N[C@@H](C)C(=O)N[C@@H](CCCN=C(N)N)C(=O)NCC(=O)N[C@@H](Cc1ccccc1)C(N)=O. The molecule has 0 saturated heterocycles. The second-order valence-electron chi connectivity index (χ2n) is 14.1. The summed E-state index contributed by atoms with van der Waals surface area (Å²) in [5, 5.41) is 26.6. The van der Waals surface area contributed by atoms with Crippen molar-refractivity contribution >= 4 is 82.7 Å². The lowest BCUT2D eigenvalue weighted by Gasteiger charge is -2.25. The first-order valence-electron chi connectivity index (χ1n) is 19.7. The predicted molar refractivity (Wildman–Crippen MR) is 236 cm³/mol. The number of carboxylic acid groups (broad SMARTS) is 1. The smallest absolute Gasteiger partial charge is 0.303 e. The summed E-state index contributed by atoms with van der Waals surface area (Å²) in [7, 11) is 0. The Morgan fingerprint density at radius 2 is 1.15 bits per heavy atom. The Labute approximate surface area is 369 Å². The van der Waals surface area contributed by atoms with Crippen LogP contribution in [0.2, 0.25) is 0 Å². The number of nitrogens with two attached hydrogens (primary N) is 4. The van der Waals surface area contributed by atoms with Gasteiger partial charge in [0.2, 0.25) is 47.3 Å². The summed E-state index contributed by atoms with van der Waals surface area (Å²) >= 11 is 2.82. The normalized spacial score (nSPS) is 14.1. The van der Waals surface area contributed by atoms with Gasteiger partial charge in [0.05, 0.1) is 12.6 Å². The average Bonchev–Trinajstić information content (AvgIpc) is 3.22. The monoisotopic (exact) mass is 910 g/mol. The number of primary amides is 1. The molecule has 24 heteroatoms. The van der Waals surface area contributed by atoms with Crippen molar-refractivity contribution in [1.82, 2.24) is 37.2 Å². The topological polar surface area (TPSA) is 375 Å². The highest BCUT2D eigenvalue weighted by Crippen LogP contribution is 2.08. The third-order valence-corrected chi connectivity index (χ3v) is 10.2. The van der Waals surface area contributed by atoms with Crippen LogP contribution in [0.25, 0.3) is 0 Å². The minimum atomic E-state index is -1.23. The maximum absolute atomic E-state index is 13.4. The number of hydrogen-bond donors (Lipinski definition) is 12. The maximum Gasteiger partial charge on any atom is 0.303 e. The number of nitrogens with zero attached hydrogens (tertiary/aromatic N) is 1. The molecule has 0 heterocycles. The van der Waals surface area contributed by atoms with E-state index in [9.17, 15) is 43.2 Å². The molecule has 0 aromatic heterocycles. The molecule has 0 fully saturated rings. The highest BCUT2D eigenvalue weighted by Gasteiger charge is 2.31. The summed E-state index contributed by atoms with van der Waals surface area (Å²) in [4.78, 5) is 119. The Morgan fingerprint density at radius 3 is 1.68 bits per heavy atom. The Kier molecular flexibility index (Phi) is 26.0. The van der Waals surface area contributed by atoms with Crippen molar-refractivity contribution in [2.75, 3.05) is 37.1 Å². The van der Waals surface area contributed by atoms with Crippen molar-refractivity contribution < 1.29 is 48.3 Å². The first-order valence-corrected chi connectivity index (χ1v) is 22.5. The quantitative estimate of drug-likeness (QED) is 0.0203. The molecule has 346 valence electrons. The number of carboxylic acids is 1. The van der Waals surface area contributed by atoms with Crippen LogP contribution in [0, 0.1) is 0 Å². The zero-order chi connectivity index (χ0) is 46.8. The van der Waals surface area contributed by atoms with Gasteiger partial charge < -0.3 is 65.3 Å². The second-order valence-corrected chi connectivity index (χ2v) is 16.1. The van der Waals surface area contributed by atoms with Crippen LogP contribution in [0.15, 0.2) is 35.3 Å². The van der Waals surface area contributed by atoms with Gasteiger partial charge >= 0.3 is 5.97 Å². The standard InChI is InChI=1S/C38H62N12O10S2/c1-21(46-36(59)26(14-17-61-3)50-37(60)27(15-18-62-4)49-34(57)24(39)12-13-30(52)53)32(55)45-22(2)33(56)48-25(11-8-16-43-38(41)42)35(58)44-20-29(51)47-28(31(40)54)19-23-9-6-5-7-10-23/h5-7,9-10,21-22,24-28H,8,11-20,39H2,1-4H3,(H2,40,54)(H,44,58)(H,45,55)(H,46,59)(H,47,51)(H,48,56)(H,49,57)(H,50,60)(H,52,53)(H4,41,42,43)/t21-,22-,24-,25-,26-,27-,28-/m0/s1. The summed E-state index contributed by atoms with van der Waals surface area (Å²) in [5.41, 5.74) is 22.8. The van der Waals surface area contributed by atoms with E-state index in [0.717, 1.165) is 5.56 Å². The number of rotatable bonds is 30. The molecule has 16 N–H and O–H groups in total. The lowest BCUT2D eigenvalue weighted by Crippen LogP contribution is -2.59. The van der Waals surface area contributed by atoms with Gasteiger partial charge in [-0.1, -0.05) is 30.3 Å². The molecule has 1 rings (SSSR count). The van der Waals surface area contributed by atoms with E-state index in [-0.39, 0.29) is 57.5 Å². The van der Waals surface area contributed by atoms with Crippen molar-refractivity contribution in [2.24, 2.45) is 27.9 Å². The molecule has 0 unspecified atom stereocenters. The number of thioether (sulfide) groups is 2. The largest absolute Gasteiger partial charge is 0.481 e. The van der Waals surface area contributed by atoms with Gasteiger partial charge in [-0.2, -0.15) is 23.5 Å². The van der Waals surface area contributed by atoms with Crippen molar-refractivity contribution in [2.45, 2.75) is 101 Å². The van der Waals surface area contributed by atoms with Crippen LogP contribution in [-0.2, 0) is 49.6 Å². The van der Waals surface area contributed by atoms with Crippen molar-refractivity contribution in [3.05, 3.63) is 35.9 Å². The molecule has 0 saturated carbocycles. The van der Waals surface area contributed by atoms with Crippen LogP contribution in [0.4, 0.5) is 0 Å². The lowest BCUT2D eigenvalue weighted by molar-refractivity contribution is -0.137. The molecule has 0 radical (unpaired) electrons. The second kappa shape index (κ2) is 29.6. The van der Waals surface area contributed by atoms with E-state index in [4.69, 9.17) is 28.0 Å². The van der Waals surface area contributed by atoms with E-state index in [2.05, 4.69) is 42.2 Å². The molecule has 0 bridgehead atoms. The first kappa shape index (κ1) is 54.4. The molecule has 7 atom stereocenters. The van der Waals surface area contributed by atoms with Gasteiger partial charge in [-0.3, -0.25) is 48.1 Å². The number of nitrogens with one attached hydrogen (secondary N) is 7. The summed E-state index contributed by atoms with van der Waals surface area (Å²) in [6, 6.07) is 0.709. The van der Waals surface area contributed by atoms with Gasteiger partial charge in [0.15, 0.2) is 5.96 Å². The number of carbonyl (C=O) groups excluding carboxylic acids is 8. The van der Waals surface area contributed by atoms with Crippen LogP contribution in [0.1, 0.15) is 57.9 Å². The van der Waals surface area contributed by atoms with E-state index in [1.54, 1.807) is 42.8 Å². The molecular weight excluding hydrogens is 849 g/mol. The summed E-state index contributed by atoms with van der Waals surface area (Å²) in [5.74, 6) is -6.36. The molecule has 0 aliphatic rings. The molecule has 8 amide bonds. The van der Waals surface area contributed by atoms with Crippen molar-refractivity contribution in [3.63, 3.8) is 0 Å². The van der Waals surface area contributed by atoms with Gasteiger partial charge in [0, 0.05) is 19.4 Å². The molecule has 1 aromatic rings. The zero-order valence-electron chi connectivity index (χ0n) is 35.4. The van der Waals surface area contributed by atoms with Crippen LogP contribution < -0.4 is 60.2 Å². The fourth-order valence-corrected chi connectivity index (χ4v) is 6.37. The molecule has 22 nitrogen and oxygen atoms in total. The van der Waals surface area contributed by atoms with Crippen LogP contribution in [-0.4, -0.2) is 144 Å². The van der Waals surface area contributed by atoms with E-state index in [0.29, 0.717) is 11.5 Å². The van der Waals surface area contributed by atoms with E-state index in [1.807, 2.05) is 0 Å². The maximum atomic E-state index is 13.4. The minimum absolute atomic E-state index is 0.0174. The third-order valence-electron chi connectivity index (χ3n) is 8.96. The first-order chi connectivity index (χ1) is 29.3. The lowest BCUT2D eigenvalue weighted by atomic mass is 10.1. The highest BCUT2D eigenvalue weighted by molar-refractivity contribution is 7.98. The number of carbonyl (C=O) groups is 9. The Hall–Kier alpha value is -5.62. The van der Waals surface area contributed by atoms with E-state index >= 15 is 0 Å². The Morgan fingerprint density at radius 1 is 0.645 bits per heavy atom. The fourth-order valence-electron chi connectivity index (χ4n) is 5.43. The van der Waals surface area contributed by atoms with Crippen LogP contribution in [0.3, 0.4) is 0 Å². The number of benzene rings is 1. The summed E-state index contributed by atoms with van der Waals surface area (Å²) in [6.07, 6.45) is 3.80. The number of aliphatic imine (C=N–C) groups is 1. The molecular formula is C38H62N12O10S2. The van der Waals surface area contributed by atoms with E-state index < -0.39 is 102 Å². The number of guanidine groups is 1. The summed E-state index contributed by atoms with van der Waals surface area (Å²) < 4.78 is 0. The van der Waals surface area contributed by atoms with E-state index in [1.165, 1.54) is 37.4 Å². The average molecular weight is 911 g/mol. The molecule has 62 heavy (non-hydrogen) atoms. The Balaban J connectivity index is 2.96. The Bertz CT molecular complexity index is 1700. The van der Waals surface area contributed by atoms with Gasteiger partial charge in [0.25, 0.3) is 0 Å². The molecule has 0 aliphatic heterocycles. The molecule has 0 aliphatic carbocycles. The zero-order valence-corrected chi connectivity index (χ0v) is 37.0. The minimum Gasteiger partial charge on any atom is -0.481 e. The number of amides is 8. The van der Waals surface area contributed by atoms with Gasteiger partial charge in [-0.05, 0) is 75.5 Å². The highest BCUT2D eigenvalue weighted by atomic mass is 32.2. The molecule has 0 spiro atoms. The molecule has 1 aromatic carbocycles. The number of aliphatic carboxylic acids is 1. The van der Waals surface area contributed by atoms with Crippen molar-refractivity contribution in [3.8, 4) is 0 Å². The fraction of sp³-hybridized carbons (Fsp3) is 0.579. The van der Waals surface area contributed by atoms with Crippen molar-refractivity contribution in [1.29, 1.82) is 0 Å². The van der Waals surface area contributed by atoms with Gasteiger partial charge in [-0.15, -0.1) is 0 Å². The van der Waals surface area contributed by atoms with Gasteiger partial charge in [-0.25, -0.2) is 0 Å². The van der Waals surface area contributed by atoms with Crippen LogP contribution >= 0.6 is 23.5 Å². The van der Waals surface area contributed by atoms with Crippen LogP contribution in [0.5, 0.6) is 0 Å². The van der Waals surface area contributed by atoms with Gasteiger partial charge in [0.1, 0.15) is 36.3 Å².